The van der Waals surface area contributed by atoms with Crippen LogP contribution in [-0.2, 0) is 21.4 Å². The average Bonchev–Trinajstić information content (AvgIpc) is 3.45. The van der Waals surface area contributed by atoms with Crippen molar-refractivity contribution < 1.29 is 20.5 Å². The number of anilines is 2. The van der Waals surface area contributed by atoms with Crippen molar-refractivity contribution in [1.29, 1.82) is 0 Å². The topological polar surface area (TPSA) is 87.5 Å². The first-order chi connectivity index (χ1) is 17.2. The van der Waals surface area contributed by atoms with Crippen LogP contribution < -0.4 is 9.62 Å². The standard InChI is InChI=1S/C25H26FN5O3S2.2H2/c1-17-13-19-14-20(26)3-8-23(19)31(17)16-24(32)30-11-10-29(15-18(30)2)21-4-6-22(7-5-21)36(33,34)28-25-27-9-12-35-25;;/h3-9,12-14,18H,10-11,15-16H2,1-2H3,(H,27,28);2*1H/t18-;;/m0../s1. The number of nitrogens with zero attached hydrogens (tertiary/aromatic N) is 4. The maximum atomic E-state index is 13.6. The molecule has 11 heteroatoms. The first-order valence-corrected chi connectivity index (χ1v) is 13.9. The molecule has 36 heavy (non-hydrogen) atoms. The average molecular weight is 532 g/mol. The molecule has 1 fully saturated rings. The molecule has 1 aliphatic rings. The third-order valence-corrected chi connectivity index (χ3v) is 8.65. The normalized spacial score (nSPS) is 16.5. The van der Waals surface area contributed by atoms with E-state index in [1.807, 2.05) is 29.4 Å². The van der Waals surface area contributed by atoms with E-state index in [1.54, 1.807) is 41.9 Å². The molecule has 0 spiro atoms. The minimum atomic E-state index is -3.70. The Morgan fingerprint density at radius 2 is 1.97 bits per heavy atom. The van der Waals surface area contributed by atoms with Gasteiger partial charge in [0.1, 0.15) is 12.4 Å². The van der Waals surface area contributed by atoms with Crippen LogP contribution in [0.25, 0.3) is 10.9 Å². The number of fused-ring (bicyclic) bond motifs is 1. The van der Waals surface area contributed by atoms with Gasteiger partial charge in [0.2, 0.25) is 5.91 Å². The van der Waals surface area contributed by atoms with Crippen molar-refractivity contribution in [2.45, 2.75) is 31.3 Å². The van der Waals surface area contributed by atoms with E-state index >= 15 is 0 Å². The Labute approximate surface area is 216 Å². The molecule has 5 rings (SSSR count). The summed E-state index contributed by atoms with van der Waals surface area (Å²) in [7, 11) is -3.70. The van der Waals surface area contributed by atoms with Gasteiger partial charge in [0.15, 0.2) is 5.13 Å². The van der Waals surface area contributed by atoms with Crippen molar-refractivity contribution >= 4 is 49.0 Å². The van der Waals surface area contributed by atoms with Gasteiger partial charge in [-0.1, -0.05) is 0 Å². The molecule has 4 aromatic rings. The minimum Gasteiger partial charge on any atom is -0.368 e. The zero-order valence-corrected chi connectivity index (χ0v) is 21.5. The number of carbonyl (C=O) groups is 1. The van der Waals surface area contributed by atoms with E-state index < -0.39 is 10.0 Å². The lowest BCUT2D eigenvalue weighted by molar-refractivity contribution is -0.134. The quantitative estimate of drug-likeness (QED) is 0.394. The highest BCUT2D eigenvalue weighted by Gasteiger charge is 2.28. The number of carbonyl (C=O) groups excluding carboxylic acids is 1. The van der Waals surface area contributed by atoms with Gasteiger partial charge in [0.05, 0.1) is 4.90 Å². The number of aryl methyl sites for hydroxylation is 1. The third-order valence-electron chi connectivity index (χ3n) is 6.48. The molecule has 1 amide bonds. The highest BCUT2D eigenvalue weighted by molar-refractivity contribution is 7.93. The number of benzene rings is 2. The number of aromatic nitrogens is 2. The summed E-state index contributed by atoms with van der Waals surface area (Å²) in [4.78, 5) is 21.4. The van der Waals surface area contributed by atoms with Crippen LogP contribution in [0.4, 0.5) is 15.2 Å². The van der Waals surface area contributed by atoms with Gasteiger partial charge in [0, 0.05) is 62.4 Å². The molecule has 0 aliphatic carbocycles. The smallest absolute Gasteiger partial charge is 0.263 e. The SMILES string of the molecule is Cc1cc2cc(F)ccc2n1CC(=O)N1CCN(c2ccc(S(=O)(=O)Nc3nccs3)cc2)C[C@@H]1C.[HH].[HH]. The zero-order valence-electron chi connectivity index (χ0n) is 19.9. The van der Waals surface area contributed by atoms with E-state index in [9.17, 15) is 17.6 Å². The number of nitrogens with one attached hydrogen (secondary N) is 1. The molecule has 3 heterocycles. The second-order valence-corrected chi connectivity index (χ2v) is 11.5. The van der Waals surface area contributed by atoms with Crippen molar-refractivity contribution in [2.24, 2.45) is 0 Å². The molecule has 1 N–H and O–H groups in total. The Kier molecular flexibility index (Phi) is 6.44. The summed E-state index contributed by atoms with van der Waals surface area (Å²) in [5.74, 6) is -0.279. The molecule has 1 saturated heterocycles. The van der Waals surface area contributed by atoms with Crippen LogP contribution in [0.2, 0.25) is 0 Å². The number of amides is 1. The number of thiazole rings is 1. The second-order valence-electron chi connectivity index (χ2n) is 8.89. The Hall–Kier alpha value is -3.44. The molecular weight excluding hydrogens is 501 g/mol. The van der Waals surface area contributed by atoms with E-state index in [0.29, 0.717) is 24.8 Å². The largest absolute Gasteiger partial charge is 0.368 e. The number of hydrogen-bond acceptors (Lipinski definition) is 6. The van der Waals surface area contributed by atoms with Crippen molar-refractivity contribution in [2.75, 3.05) is 29.3 Å². The molecule has 192 valence electrons. The molecule has 0 radical (unpaired) electrons. The lowest BCUT2D eigenvalue weighted by atomic mass is 10.1. The van der Waals surface area contributed by atoms with Gasteiger partial charge in [0.25, 0.3) is 10.0 Å². The minimum absolute atomic E-state index is 0. The first kappa shape index (κ1) is 24.3. The van der Waals surface area contributed by atoms with E-state index in [0.717, 1.165) is 22.3 Å². The van der Waals surface area contributed by atoms with Crippen molar-refractivity contribution in [3.05, 3.63) is 71.6 Å². The molecule has 8 nitrogen and oxygen atoms in total. The summed E-state index contributed by atoms with van der Waals surface area (Å²) in [5, 5.41) is 2.81. The van der Waals surface area contributed by atoms with Gasteiger partial charge in [-0.25, -0.2) is 17.8 Å². The molecule has 2 aromatic carbocycles. The maximum absolute atomic E-state index is 13.6. The summed E-state index contributed by atoms with van der Waals surface area (Å²) in [6.45, 7) is 5.95. The predicted molar refractivity (Wildman–Crippen MR) is 144 cm³/mol. The van der Waals surface area contributed by atoms with E-state index in [2.05, 4.69) is 14.6 Å². The fraction of sp³-hybridized carbons (Fsp3) is 0.280. The number of piperazine rings is 1. The predicted octanol–water partition coefficient (Wildman–Crippen LogP) is 4.58. The van der Waals surface area contributed by atoms with Gasteiger partial charge >= 0.3 is 0 Å². The lowest BCUT2D eigenvalue weighted by Gasteiger charge is -2.41. The van der Waals surface area contributed by atoms with Gasteiger partial charge in [-0.05, 0) is 62.4 Å². The highest BCUT2D eigenvalue weighted by Crippen LogP contribution is 2.25. The maximum Gasteiger partial charge on any atom is 0.263 e. The summed E-state index contributed by atoms with van der Waals surface area (Å²) < 4.78 is 43.2. The summed E-state index contributed by atoms with van der Waals surface area (Å²) in [6, 6.07) is 13.2. The molecule has 1 aliphatic heterocycles. The van der Waals surface area contributed by atoms with E-state index in [4.69, 9.17) is 0 Å². The van der Waals surface area contributed by atoms with E-state index in [1.165, 1.54) is 23.5 Å². The van der Waals surface area contributed by atoms with Crippen molar-refractivity contribution in [3.63, 3.8) is 0 Å². The molecule has 1 atom stereocenters. The van der Waals surface area contributed by atoms with Crippen LogP contribution in [0.1, 0.15) is 15.5 Å². The molecule has 0 bridgehead atoms. The number of sulfonamides is 1. The fourth-order valence-corrected chi connectivity index (χ4v) is 6.45. The van der Waals surface area contributed by atoms with Gasteiger partial charge in [-0.15, -0.1) is 11.3 Å². The van der Waals surface area contributed by atoms with Gasteiger partial charge < -0.3 is 14.4 Å². The van der Waals surface area contributed by atoms with Crippen molar-refractivity contribution in [3.8, 4) is 0 Å². The van der Waals surface area contributed by atoms with E-state index in [-0.39, 0.29) is 32.1 Å². The number of hydrogen-bond donors (Lipinski definition) is 1. The van der Waals surface area contributed by atoms with Crippen molar-refractivity contribution in [1.82, 2.24) is 14.5 Å². The summed E-state index contributed by atoms with van der Waals surface area (Å²) >= 11 is 1.22. The molecule has 0 saturated carbocycles. The fourth-order valence-electron chi connectivity index (χ4n) is 4.66. The molecule has 2 aromatic heterocycles. The Morgan fingerprint density at radius 1 is 1.19 bits per heavy atom. The Bertz CT molecular complexity index is 1510. The van der Waals surface area contributed by atoms with Crippen LogP contribution in [-0.4, -0.2) is 54.5 Å². The third kappa shape index (κ3) is 4.80. The summed E-state index contributed by atoms with van der Waals surface area (Å²) in [6.07, 6.45) is 1.54. The van der Waals surface area contributed by atoms with Crippen LogP contribution in [0.15, 0.2) is 65.0 Å². The lowest BCUT2D eigenvalue weighted by Crippen LogP contribution is -2.54. The van der Waals surface area contributed by atoms with Crippen LogP contribution in [0.3, 0.4) is 0 Å². The Morgan fingerprint density at radius 3 is 2.67 bits per heavy atom. The van der Waals surface area contributed by atoms with Gasteiger partial charge in [-0.2, -0.15) is 0 Å². The Balaban J connectivity index is 0.00000200. The van der Waals surface area contributed by atoms with Crippen LogP contribution in [0, 0.1) is 12.7 Å². The van der Waals surface area contributed by atoms with Gasteiger partial charge in [-0.3, -0.25) is 9.52 Å². The van der Waals surface area contributed by atoms with Crippen LogP contribution in [0.5, 0.6) is 0 Å². The zero-order chi connectivity index (χ0) is 25.4. The number of halogens is 1. The molecular formula is C25H30FN5O3S2. The highest BCUT2D eigenvalue weighted by atomic mass is 32.2. The first-order valence-electron chi connectivity index (χ1n) is 11.5. The second kappa shape index (κ2) is 9.55. The monoisotopic (exact) mass is 531 g/mol. The summed E-state index contributed by atoms with van der Waals surface area (Å²) in [5.41, 5.74) is 2.65. The number of rotatable bonds is 6. The van der Waals surface area contributed by atoms with Crippen LogP contribution >= 0.6 is 11.3 Å². The molecule has 0 unspecified atom stereocenters.